The Kier molecular flexibility index (Phi) is 3.78. The lowest BCUT2D eigenvalue weighted by molar-refractivity contribution is 0.491. The molecule has 4 nitrogen and oxygen atoms in total. The standard InChI is InChI=1S/C11H17FN2O2S/c1-11(2,3)14-17(15,16)10-7-8(12)5-6-9(10)13-4/h5-7,13-14H,1-4H3. The van der Waals surface area contributed by atoms with E-state index in [4.69, 9.17) is 0 Å². The van der Waals surface area contributed by atoms with E-state index in [0.717, 1.165) is 6.07 Å². The van der Waals surface area contributed by atoms with Crippen molar-refractivity contribution in [3.05, 3.63) is 24.0 Å². The van der Waals surface area contributed by atoms with Gasteiger partial charge in [-0.2, -0.15) is 0 Å². The third kappa shape index (κ3) is 3.67. The van der Waals surface area contributed by atoms with E-state index in [0.29, 0.717) is 5.69 Å². The average molecular weight is 260 g/mol. The minimum Gasteiger partial charge on any atom is -0.387 e. The summed E-state index contributed by atoms with van der Waals surface area (Å²) in [5, 5.41) is 2.73. The van der Waals surface area contributed by atoms with Crippen LogP contribution in [0.3, 0.4) is 0 Å². The van der Waals surface area contributed by atoms with E-state index in [1.54, 1.807) is 27.8 Å². The zero-order chi connectivity index (χ0) is 13.3. The van der Waals surface area contributed by atoms with Crippen molar-refractivity contribution in [3.8, 4) is 0 Å². The maximum Gasteiger partial charge on any atom is 0.243 e. The van der Waals surface area contributed by atoms with Gasteiger partial charge in [0.1, 0.15) is 10.7 Å². The quantitative estimate of drug-likeness (QED) is 0.873. The summed E-state index contributed by atoms with van der Waals surface area (Å²) < 4.78 is 39.7. The van der Waals surface area contributed by atoms with E-state index in [2.05, 4.69) is 10.0 Å². The fraction of sp³-hybridized carbons (Fsp3) is 0.455. The van der Waals surface area contributed by atoms with Gasteiger partial charge in [0.25, 0.3) is 0 Å². The van der Waals surface area contributed by atoms with Crippen molar-refractivity contribution in [1.29, 1.82) is 0 Å². The lowest BCUT2D eigenvalue weighted by atomic mass is 10.1. The molecule has 0 fully saturated rings. The van der Waals surface area contributed by atoms with E-state index < -0.39 is 21.4 Å². The molecule has 0 aromatic heterocycles. The Morgan fingerprint density at radius 2 is 1.82 bits per heavy atom. The fourth-order valence-corrected chi connectivity index (χ4v) is 3.03. The molecular weight excluding hydrogens is 243 g/mol. The summed E-state index contributed by atoms with van der Waals surface area (Å²) in [6.45, 7) is 5.18. The first kappa shape index (κ1) is 13.9. The second kappa shape index (κ2) is 4.62. The summed E-state index contributed by atoms with van der Waals surface area (Å²) in [6, 6.07) is 3.61. The number of sulfonamides is 1. The van der Waals surface area contributed by atoms with Gasteiger partial charge in [-0.1, -0.05) is 0 Å². The van der Waals surface area contributed by atoms with Crippen molar-refractivity contribution in [2.45, 2.75) is 31.2 Å². The van der Waals surface area contributed by atoms with Crippen molar-refractivity contribution in [3.63, 3.8) is 0 Å². The van der Waals surface area contributed by atoms with Gasteiger partial charge in [-0.25, -0.2) is 17.5 Å². The van der Waals surface area contributed by atoms with E-state index in [-0.39, 0.29) is 4.90 Å². The lowest BCUT2D eigenvalue weighted by Gasteiger charge is -2.21. The highest BCUT2D eigenvalue weighted by Gasteiger charge is 2.24. The molecule has 17 heavy (non-hydrogen) atoms. The molecule has 1 rings (SSSR count). The van der Waals surface area contributed by atoms with Crippen molar-refractivity contribution < 1.29 is 12.8 Å². The Balaban J connectivity index is 3.28. The molecule has 0 heterocycles. The molecule has 0 unspecified atom stereocenters. The molecule has 0 saturated carbocycles. The molecule has 96 valence electrons. The van der Waals surface area contributed by atoms with Gasteiger partial charge in [-0.05, 0) is 39.0 Å². The molecule has 0 spiro atoms. The van der Waals surface area contributed by atoms with Crippen LogP contribution in [-0.2, 0) is 10.0 Å². The Hall–Kier alpha value is -1.14. The van der Waals surface area contributed by atoms with Crippen molar-refractivity contribution in [2.24, 2.45) is 0 Å². The van der Waals surface area contributed by atoms with Gasteiger partial charge in [0.15, 0.2) is 0 Å². The smallest absolute Gasteiger partial charge is 0.243 e. The molecule has 2 N–H and O–H groups in total. The van der Waals surface area contributed by atoms with E-state index in [1.165, 1.54) is 12.1 Å². The average Bonchev–Trinajstić information content (AvgIpc) is 2.14. The second-order valence-electron chi connectivity index (χ2n) is 4.75. The maximum absolute atomic E-state index is 13.1. The molecule has 0 aliphatic heterocycles. The topological polar surface area (TPSA) is 58.2 Å². The lowest BCUT2D eigenvalue weighted by Crippen LogP contribution is -2.40. The molecule has 0 saturated heterocycles. The molecule has 1 aromatic carbocycles. The van der Waals surface area contributed by atoms with Crippen LogP contribution in [0.1, 0.15) is 20.8 Å². The van der Waals surface area contributed by atoms with Crippen LogP contribution in [0.25, 0.3) is 0 Å². The molecular formula is C11H17FN2O2S. The Morgan fingerprint density at radius 1 is 1.24 bits per heavy atom. The number of halogens is 1. The van der Waals surface area contributed by atoms with Crippen molar-refractivity contribution in [1.82, 2.24) is 4.72 Å². The first-order chi connectivity index (χ1) is 7.65. The SMILES string of the molecule is CNc1ccc(F)cc1S(=O)(=O)NC(C)(C)C. The molecule has 0 amide bonds. The van der Waals surface area contributed by atoms with Crippen LogP contribution in [0, 0.1) is 5.82 Å². The van der Waals surface area contributed by atoms with Crippen LogP contribution in [0.4, 0.5) is 10.1 Å². The van der Waals surface area contributed by atoms with Gasteiger partial charge in [0.2, 0.25) is 10.0 Å². The summed E-state index contributed by atoms with van der Waals surface area (Å²) in [6.07, 6.45) is 0. The number of hydrogen-bond donors (Lipinski definition) is 2. The summed E-state index contributed by atoms with van der Waals surface area (Å²) >= 11 is 0. The summed E-state index contributed by atoms with van der Waals surface area (Å²) in [4.78, 5) is -0.0880. The predicted octanol–water partition coefficient (Wildman–Crippen LogP) is 1.94. The van der Waals surface area contributed by atoms with Crippen molar-refractivity contribution >= 4 is 15.7 Å². The number of anilines is 1. The largest absolute Gasteiger partial charge is 0.387 e. The van der Waals surface area contributed by atoms with Crippen LogP contribution in [0.2, 0.25) is 0 Å². The minimum atomic E-state index is -3.74. The maximum atomic E-state index is 13.1. The monoisotopic (exact) mass is 260 g/mol. The van der Waals surface area contributed by atoms with Gasteiger partial charge in [0, 0.05) is 12.6 Å². The molecule has 0 aliphatic carbocycles. The minimum absolute atomic E-state index is 0.0880. The molecule has 1 aromatic rings. The van der Waals surface area contributed by atoms with Gasteiger partial charge in [-0.15, -0.1) is 0 Å². The van der Waals surface area contributed by atoms with Crippen LogP contribution in [0.15, 0.2) is 23.1 Å². The van der Waals surface area contributed by atoms with Crippen LogP contribution in [0.5, 0.6) is 0 Å². The zero-order valence-corrected chi connectivity index (χ0v) is 11.2. The predicted molar refractivity (Wildman–Crippen MR) is 66.0 cm³/mol. The highest BCUT2D eigenvalue weighted by atomic mass is 32.2. The number of rotatable bonds is 3. The van der Waals surface area contributed by atoms with Gasteiger partial charge in [-0.3, -0.25) is 0 Å². The number of hydrogen-bond acceptors (Lipinski definition) is 3. The number of nitrogens with one attached hydrogen (secondary N) is 2. The molecule has 0 radical (unpaired) electrons. The summed E-state index contributed by atoms with van der Waals surface area (Å²) in [5.41, 5.74) is -0.251. The zero-order valence-electron chi connectivity index (χ0n) is 10.3. The van der Waals surface area contributed by atoms with Gasteiger partial charge >= 0.3 is 0 Å². The Morgan fingerprint density at radius 3 is 2.29 bits per heavy atom. The van der Waals surface area contributed by atoms with E-state index >= 15 is 0 Å². The summed E-state index contributed by atoms with van der Waals surface area (Å²) in [5.74, 6) is -0.585. The fourth-order valence-electron chi connectivity index (χ4n) is 1.38. The first-order valence-corrected chi connectivity index (χ1v) is 6.65. The third-order valence-electron chi connectivity index (χ3n) is 1.94. The summed E-state index contributed by atoms with van der Waals surface area (Å²) in [7, 11) is -2.15. The van der Waals surface area contributed by atoms with Crippen molar-refractivity contribution in [2.75, 3.05) is 12.4 Å². The Bertz CT molecular complexity index is 507. The third-order valence-corrected chi connectivity index (χ3v) is 3.74. The number of benzene rings is 1. The van der Waals surface area contributed by atoms with E-state index in [9.17, 15) is 12.8 Å². The second-order valence-corrected chi connectivity index (χ2v) is 6.40. The van der Waals surface area contributed by atoms with E-state index in [1.807, 2.05) is 0 Å². The molecule has 6 heteroatoms. The first-order valence-electron chi connectivity index (χ1n) is 5.17. The van der Waals surface area contributed by atoms with Crippen LogP contribution in [-0.4, -0.2) is 21.0 Å². The highest BCUT2D eigenvalue weighted by Crippen LogP contribution is 2.23. The van der Waals surface area contributed by atoms with Crippen LogP contribution < -0.4 is 10.0 Å². The molecule has 0 aliphatic rings. The van der Waals surface area contributed by atoms with Gasteiger partial charge in [0.05, 0.1) is 5.69 Å². The molecule has 0 bridgehead atoms. The van der Waals surface area contributed by atoms with Gasteiger partial charge < -0.3 is 5.32 Å². The normalized spacial score (nSPS) is 12.5. The van der Waals surface area contributed by atoms with Crippen LogP contribution >= 0.6 is 0 Å². The molecule has 0 atom stereocenters. The Labute approximate surface area is 101 Å². The highest BCUT2D eigenvalue weighted by molar-refractivity contribution is 7.89.